The van der Waals surface area contributed by atoms with Crippen LogP contribution in [-0.2, 0) is 11.3 Å². The first-order valence-corrected chi connectivity index (χ1v) is 9.11. The molecular formula is C20H28N4O. The Labute approximate surface area is 149 Å². The van der Waals surface area contributed by atoms with Gasteiger partial charge in [0.1, 0.15) is 0 Å². The number of aliphatic imine (C=N–C) groups is 1. The van der Waals surface area contributed by atoms with Gasteiger partial charge in [-0.2, -0.15) is 0 Å². The number of aryl methyl sites for hydroxylation is 1. The van der Waals surface area contributed by atoms with Crippen LogP contribution in [0.4, 0.5) is 0 Å². The van der Waals surface area contributed by atoms with Crippen molar-refractivity contribution in [3.05, 3.63) is 48.2 Å². The summed E-state index contributed by atoms with van der Waals surface area (Å²) >= 11 is 0. The Morgan fingerprint density at radius 2 is 2.08 bits per heavy atom. The Morgan fingerprint density at radius 3 is 2.92 bits per heavy atom. The molecule has 1 aromatic carbocycles. The molecule has 134 valence electrons. The van der Waals surface area contributed by atoms with Gasteiger partial charge in [-0.1, -0.05) is 29.8 Å². The standard InChI is InChI=1S/C20H28N4O/c1-21-20(23-12-7-17-9-15-25-16-10-17)22-11-4-13-24-14-8-18-5-2-3-6-19(18)24/h2-3,5-6,8-9,14H,4,7,10-13,15-16H2,1H3,(H2,21,22,23). The number of rotatable bonds is 7. The molecule has 5 heteroatoms. The molecule has 0 atom stereocenters. The highest BCUT2D eigenvalue weighted by Gasteiger charge is 2.04. The van der Waals surface area contributed by atoms with Crippen LogP contribution in [0.3, 0.4) is 0 Å². The van der Waals surface area contributed by atoms with Crippen LogP contribution in [0.1, 0.15) is 19.3 Å². The first-order valence-electron chi connectivity index (χ1n) is 9.11. The second kappa shape index (κ2) is 9.28. The van der Waals surface area contributed by atoms with E-state index in [1.807, 2.05) is 7.05 Å². The molecular weight excluding hydrogens is 312 g/mol. The first kappa shape index (κ1) is 17.5. The molecule has 3 rings (SSSR count). The second-order valence-electron chi connectivity index (χ2n) is 6.28. The molecule has 1 aliphatic rings. The third-order valence-corrected chi connectivity index (χ3v) is 4.57. The molecule has 1 aliphatic heterocycles. The number of aromatic nitrogens is 1. The predicted octanol–water partition coefficient (Wildman–Crippen LogP) is 2.93. The Hall–Kier alpha value is -2.27. The number of fused-ring (bicyclic) bond motifs is 1. The van der Waals surface area contributed by atoms with Crippen LogP contribution < -0.4 is 10.6 Å². The zero-order valence-electron chi connectivity index (χ0n) is 15.0. The third-order valence-electron chi connectivity index (χ3n) is 4.57. The summed E-state index contributed by atoms with van der Waals surface area (Å²) in [5.74, 6) is 0.880. The summed E-state index contributed by atoms with van der Waals surface area (Å²) < 4.78 is 7.65. The van der Waals surface area contributed by atoms with Crippen LogP contribution >= 0.6 is 0 Å². The van der Waals surface area contributed by atoms with Crippen LogP contribution in [0.2, 0.25) is 0 Å². The molecule has 0 unspecified atom stereocenters. The maximum Gasteiger partial charge on any atom is 0.190 e. The fourth-order valence-corrected chi connectivity index (χ4v) is 3.15. The van der Waals surface area contributed by atoms with Crippen LogP contribution in [0, 0.1) is 0 Å². The van der Waals surface area contributed by atoms with E-state index in [1.54, 1.807) is 0 Å². The normalized spacial score (nSPS) is 15.2. The maximum atomic E-state index is 5.34. The fraction of sp³-hybridized carbons (Fsp3) is 0.450. The highest BCUT2D eigenvalue weighted by molar-refractivity contribution is 5.80. The van der Waals surface area contributed by atoms with Gasteiger partial charge in [0.05, 0.1) is 13.2 Å². The number of benzene rings is 1. The summed E-state index contributed by atoms with van der Waals surface area (Å²) in [6, 6.07) is 10.7. The molecule has 0 bridgehead atoms. The average Bonchev–Trinajstić information content (AvgIpc) is 3.08. The highest BCUT2D eigenvalue weighted by Crippen LogP contribution is 2.15. The third kappa shape index (κ3) is 5.10. The van der Waals surface area contributed by atoms with Crippen LogP contribution in [0.25, 0.3) is 10.9 Å². The number of hydrogen-bond donors (Lipinski definition) is 2. The Kier molecular flexibility index (Phi) is 6.51. The summed E-state index contributed by atoms with van der Waals surface area (Å²) in [6.07, 6.45) is 7.53. The van der Waals surface area contributed by atoms with E-state index in [4.69, 9.17) is 4.74 Å². The van der Waals surface area contributed by atoms with E-state index < -0.39 is 0 Å². The van der Waals surface area contributed by atoms with Crippen molar-refractivity contribution in [2.45, 2.75) is 25.8 Å². The SMILES string of the molecule is CN=C(NCCCn1ccc2ccccc21)NCCC1=CCOCC1. The van der Waals surface area contributed by atoms with Gasteiger partial charge in [-0.15, -0.1) is 0 Å². The van der Waals surface area contributed by atoms with Gasteiger partial charge < -0.3 is 19.9 Å². The molecule has 2 aromatic rings. The lowest BCUT2D eigenvalue weighted by molar-refractivity contribution is 0.153. The highest BCUT2D eigenvalue weighted by atomic mass is 16.5. The van der Waals surface area contributed by atoms with E-state index >= 15 is 0 Å². The molecule has 0 radical (unpaired) electrons. The second-order valence-corrected chi connectivity index (χ2v) is 6.28. The summed E-state index contributed by atoms with van der Waals surface area (Å²) in [7, 11) is 1.82. The van der Waals surface area contributed by atoms with Crippen LogP contribution in [0.15, 0.2) is 53.2 Å². The minimum Gasteiger partial charge on any atom is -0.377 e. The molecule has 5 nitrogen and oxygen atoms in total. The molecule has 2 N–H and O–H groups in total. The Bertz CT molecular complexity index is 732. The zero-order chi connectivity index (χ0) is 17.3. The number of hydrogen-bond acceptors (Lipinski definition) is 2. The number of ether oxygens (including phenoxy) is 1. The quantitative estimate of drug-likeness (QED) is 0.353. The van der Waals surface area contributed by atoms with Crippen molar-refractivity contribution in [1.29, 1.82) is 0 Å². The van der Waals surface area contributed by atoms with Gasteiger partial charge in [0.2, 0.25) is 0 Å². The van der Waals surface area contributed by atoms with Crippen molar-refractivity contribution in [3.63, 3.8) is 0 Å². The van der Waals surface area contributed by atoms with Crippen molar-refractivity contribution in [2.24, 2.45) is 4.99 Å². The zero-order valence-corrected chi connectivity index (χ0v) is 15.0. The van der Waals surface area contributed by atoms with E-state index in [1.165, 1.54) is 16.5 Å². The van der Waals surface area contributed by atoms with E-state index in [9.17, 15) is 0 Å². The molecule has 0 fully saturated rings. The van der Waals surface area contributed by atoms with Gasteiger partial charge in [0, 0.05) is 38.4 Å². The molecule has 2 heterocycles. The molecule has 0 spiro atoms. The smallest absolute Gasteiger partial charge is 0.190 e. The van der Waals surface area contributed by atoms with E-state index in [2.05, 4.69) is 62.8 Å². The van der Waals surface area contributed by atoms with E-state index in [0.717, 1.165) is 58.1 Å². The maximum absolute atomic E-state index is 5.34. The summed E-state index contributed by atoms with van der Waals surface area (Å²) in [6.45, 7) is 4.43. The summed E-state index contributed by atoms with van der Waals surface area (Å²) in [5, 5.41) is 8.09. The first-order chi connectivity index (χ1) is 12.4. The van der Waals surface area contributed by atoms with E-state index in [0.29, 0.717) is 0 Å². The van der Waals surface area contributed by atoms with Crippen LogP contribution in [0.5, 0.6) is 0 Å². The number of guanidine groups is 1. The van der Waals surface area contributed by atoms with Crippen molar-refractivity contribution < 1.29 is 4.74 Å². The lowest BCUT2D eigenvalue weighted by Gasteiger charge is -2.15. The van der Waals surface area contributed by atoms with Gasteiger partial charge in [0.15, 0.2) is 5.96 Å². The average molecular weight is 340 g/mol. The molecule has 1 aromatic heterocycles. The molecule has 0 saturated heterocycles. The minimum absolute atomic E-state index is 0.760. The van der Waals surface area contributed by atoms with Gasteiger partial charge >= 0.3 is 0 Å². The summed E-state index contributed by atoms with van der Waals surface area (Å²) in [4.78, 5) is 4.30. The number of nitrogens with zero attached hydrogens (tertiary/aromatic N) is 2. The monoisotopic (exact) mass is 340 g/mol. The van der Waals surface area contributed by atoms with Gasteiger partial charge in [-0.05, 0) is 36.8 Å². The van der Waals surface area contributed by atoms with Crippen LogP contribution in [-0.4, -0.2) is 43.9 Å². The van der Waals surface area contributed by atoms with Gasteiger partial charge in [-0.25, -0.2) is 0 Å². The number of para-hydroxylation sites is 1. The Balaban J connectivity index is 1.36. The molecule has 0 saturated carbocycles. The van der Waals surface area contributed by atoms with Gasteiger partial charge in [0.25, 0.3) is 0 Å². The molecule has 25 heavy (non-hydrogen) atoms. The lowest BCUT2D eigenvalue weighted by atomic mass is 10.1. The van der Waals surface area contributed by atoms with Gasteiger partial charge in [-0.3, -0.25) is 4.99 Å². The molecule has 0 amide bonds. The predicted molar refractivity (Wildman–Crippen MR) is 104 cm³/mol. The Morgan fingerprint density at radius 1 is 1.20 bits per heavy atom. The number of nitrogens with one attached hydrogen (secondary N) is 2. The van der Waals surface area contributed by atoms with Crippen molar-refractivity contribution in [1.82, 2.24) is 15.2 Å². The summed E-state index contributed by atoms with van der Waals surface area (Å²) in [5.41, 5.74) is 2.78. The topological polar surface area (TPSA) is 50.6 Å². The largest absolute Gasteiger partial charge is 0.377 e. The van der Waals surface area contributed by atoms with Crippen molar-refractivity contribution >= 4 is 16.9 Å². The fourth-order valence-electron chi connectivity index (χ4n) is 3.15. The van der Waals surface area contributed by atoms with Crippen molar-refractivity contribution in [3.8, 4) is 0 Å². The van der Waals surface area contributed by atoms with Crippen molar-refractivity contribution in [2.75, 3.05) is 33.4 Å². The lowest BCUT2D eigenvalue weighted by Crippen LogP contribution is -2.38. The minimum atomic E-state index is 0.760. The molecule has 0 aliphatic carbocycles. The van der Waals surface area contributed by atoms with E-state index in [-0.39, 0.29) is 0 Å².